The molecule has 1 saturated heterocycles. The number of hydrogen-bond acceptors (Lipinski definition) is 8. The first kappa shape index (κ1) is 20.7. The Kier molecular flexibility index (Phi) is 4.86. The van der Waals surface area contributed by atoms with Gasteiger partial charge in [-0.2, -0.15) is 20.7 Å². The van der Waals surface area contributed by atoms with Crippen molar-refractivity contribution < 1.29 is 0 Å². The van der Waals surface area contributed by atoms with Gasteiger partial charge in [0.15, 0.2) is 6.19 Å². The van der Waals surface area contributed by atoms with E-state index < -0.39 is 0 Å². The van der Waals surface area contributed by atoms with Crippen molar-refractivity contribution in [2.45, 2.75) is 31.2 Å². The van der Waals surface area contributed by atoms with Crippen molar-refractivity contribution in [2.24, 2.45) is 5.41 Å². The number of allylic oxidation sites excluding steroid dienone is 1. The number of nitriles is 2. The minimum absolute atomic E-state index is 0.0876. The summed E-state index contributed by atoms with van der Waals surface area (Å²) in [6.45, 7) is 1.54. The number of nitrogens with one attached hydrogen (secondary N) is 2. The van der Waals surface area contributed by atoms with Crippen molar-refractivity contribution in [3.63, 3.8) is 0 Å². The summed E-state index contributed by atoms with van der Waals surface area (Å²) < 4.78 is 3.63. The number of rotatable bonds is 6. The molecule has 1 aliphatic carbocycles. The Morgan fingerprint density at radius 3 is 2.88 bits per heavy atom. The van der Waals surface area contributed by atoms with E-state index >= 15 is 0 Å². The van der Waals surface area contributed by atoms with Gasteiger partial charge in [0.05, 0.1) is 53.5 Å². The molecule has 33 heavy (non-hydrogen) atoms. The van der Waals surface area contributed by atoms with Gasteiger partial charge in [-0.15, -0.1) is 0 Å². The Bertz CT molecular complexity index is 1330. The molecular weight excluding hydrogens is 416 g/mol. The summed E-state index contributed by atoms with van der Waals surface area (Å²) in [5, 5.41) is 39.0. The maximum atomic E-state index is 9.55. The predicted molar refractivity (Wildman–Crippen MR) is 121 cm³/mol. The zero-order valence-electron chi connectivity index (χ0n) is 18.4. The Morgan fingerprint density at radius 1 is 1.30 bits per heavy atom. The third kappa shape index (κ3) is 3.40. The topological polar surface area (TPSA) is 135 Å². The normalized spacial score (nSPS) is 24.2. The van der Waals surface area contributed by atoms with Crippen molar-refractivity contribution in [3.8, 4) is 23.5 Å². The fraction of sp³-hybridized carbons (Fsp3) is 0.391. The lowest BCUT2D eigenvalue weighted by molar-refractivity contribution is -0.0245. The van der Waals surface area contributed by atoms with Crippen molar-refractivity contribution >= 4 is 11.2 Å². The van der Waals surface area contributed by atoms with Crippen LogP contribution in [0, 0.1) is 33.6 Å². The van der Waals surface area contributed by atoms with Crippen molar-refractivity contribution in [2.75, 3.05) is 20.1 Å². The number of hydrogen-bond donors (Lipinski definition) is 2. The summed E-state index contributed by atoms with van der Waals surface area (Å²) in [5.41, 5.74) is 2.81. The maximum Gasteiger partial charge on any atom is 0.179 e. The summed E-state index contributed by atoms with van der Waals surface area (Å²) in [5.74, 6) is 0. The highest BCUT2D eigenvalue weighted by molar-refractivity contribution is 6.05. The number of likely N-dealkylation sites (tertiary alicyclic amines) is 1. The highest BCUT2D eigenvalue weighted by Gasteiger charge is 2.58. The van der Waals surface area contributed by atoms with Gasteiger partial charge in [0.25, 0.3) is 0 Å². The summed E-state index contributed by atoms with van der Waals surface area (Å²) >= 11 is 0. The van der Waals surface area contributed by atoms with Gasteiger partial charge < -0.3 is 10.2 Å². The number of aromatic nitrogens is 5. The van der Waals surface area contributed by atoms with Crippen LogP contribution in [0.5, 0.6) is 0 Å². The van der Waals surface area contributed by atoms with Gasteiger partial charge in [-0.1, -0.05) is 0 Å². The largest absolute Gasteiger partial charge is 0.394 e. The van der Waals surface area contributed by atoms with Crippen LogP contribution in [0.25, 0.3) is 16.8 Å². The Labute approximate surface area is 191 Å². The zero-order valence-corrected chi connectivity index (χ0v) is 18.4. The molecule has 2 aliphatic rings. The molecule has 0 aromatic carbocycles. The van der Waals surface area contributed by atoms with Crippen LogP contribution in [-0.4, -0.2) is 55.1 Å². The van der Waals surface area contributed by atoms with E-state index in [1.807, 2.05) is 21.8 Å². The second-order valence-corrected chi connectivity index (χ2v) is 9.03. The summed E-state index contributed by atoms with van der Waals surface area (Å²) in [6.07, 6.45) is 15.8. The fourth-order valence-electron chi connectivity index (χ4n) is 5.39. The molecule has 1 saturated carbocycles. The predicted octanol–water partition coefficient (Wildman–Crippen LogP) is 2.27. The molecule has 10 heteroatoms. The molecular formula is C23H24N10. The van der Waals surface area contributed by atoms with Crippen LogP contribution in [0.1, 0.15) is 31.4 Å². The van der Waals surface area contributed by atoms with Crippen molar-refractivity contribution in [3.05, 3.63) is 48.8 Å². The first-order valence-electron chi connectivity index (χ1n) is 10.9. The Morgan fingerprint density at radius 2 is 2.15 bits per heavy atom. The highest BCUT2D eigenvalue weighted by atomic mass is 15.3. The van der Waals surface area contributed by atoms with Crippen LogP contribution >= 0.6 is 0 Å². The zero-order chi connectivity index (χ0) is 23.1. The van der Waals surface area contributed by atoms with Crippen LogP contribution in [0.3, 0.4) is 0 Å². The Balaban J connectivity index is 1.49. The monoisotopic (exact) mass is 440 g/mol. The molecule has 1 aliphatic heterocycles. The van der Waals surface area contributed by atoms with E-state index in [4.69, 9.17) is 10.4 Å². The third-order valence-corrected chi connectivity index (χ3v) is 6.82. The van der Waals surface area contributed by atoms with Gasteiger partial charge in [0, 0.05) is 31.9 Å². The molecule has 0 amide bonds. The molecule has 166 valence electrons. The average molecular weight is 441 g/mol. The van der Waals surface area contributed by atoms with Crippen molar-refractivity contribution in [1.82, 2.24) is 34.6 Å². The minimum Gasteiger partial charge on any atom is -0.394 e. The van der Waals surface area contributed by atoms with E-state index in [1.165, 1.54) is 0 Å². The van der Waals surface area contributed by atoms with E-state index in [9.17, 15) is 10.5 Å². The molecule has 3 aromatic rings. The SMILES string of the molecule is CN/C=C\C(=N)c1cn2nccc2c(-c2cnn(C3(CC#N)CC4(CCN(C#N)C4)C3)c2)n1. The second kappa shape index (κ2) is 7.75. The first-order valence-corrected chi connectivity index (χ1v) is 10.9. The summed E-state index contributed by atoms with van der Waals surface area (Å²) in [7, 11) is 1.78. The summed E-state index contributed by atoms with van der Waals surface area (Å²) in [6, 6.07) is 4.23. The van der Waals surface area contributed by atoms with Crippen LogP contribution in [0.15, 0.2) is 43.1 Å². The van der Waals surface area contributed by atoms with Crippen LogP contribution in [0.4, 0.5) is 0 Å². The van der Waals surface area contributed by atoms with E-state index in [0.717, 1.165) is 43.4 Å². The second-order valence-electron chi connectivity index (χ2n) is 9.03. The van der Waals surface area contributed by atoms with Crippen LogP contribution < -0.4 is 5.32 Å². The molecule has 2 N–H and O–H groups in total. The van der Waals surface area contributed by atoms with E-state index in [1.54, 1.807) is 42.4 Å². The highest BCUT2D eigenvalue weighted by Crippen LogP contribution is 2.58. The van der Waals surface area contributed by atoms with Gasteiger partial charge in [0.2, 0.25) is 0 Å². The first-order chi connectivity index (χ1) is 16.0. The Hall–Kier alpha value is -4.18. The molecule has 2 fully saturated rings. The number of nitrogens with zero attached hydrogens (tertiary/aromatic N) is 8. The fourth-order valence-corrected chi connectivity index (χ4v) is 5.39. The van der Waals surface area contributed by atoms with Gasteiger partial charge in [-0.3, -0.25) is 10.1 Å². The van der Waals surface area contributed by atoms with E-state index in [-0.39, 0.29) is 16.7 Å². The summed E-state index contributed by atoms with van der Waals surface area (Å²) in [4.78, 5) is 6.56. The van der Waals surface area contributed by atoms with Gasteiger partial charge in [-0.25, -0.2) is 9.50 Å². The quantitative estimate of drug-likeness (QED) is 0.443. The van der Waals surface area contributed by atoms with Crippen LogP contribution in [0.2, 0.25) is 0 Å². The van der Waals surface area contributed by atoms with E-state index in [0.29, 0.717) is 17.8 Å². The van der Waals surface area contributed by atoms with Crippen molar-refractivity contribution in [1.29, 1.82) is 15.9 Å². The lowest BCUT2D eigenvalue weighted by Gasteiger charge is -2.53. The third-order valence-electron chi connectivity index (χ3n) is 6.82. The van der Waals surface area contributed by atoms with Gasteiger partial charge in [-0.05, 0) is 43.0 Å². The van der Waals surface area contributed by atoms with Crippen LogP contribution in [-0.2, 0) is 5.54 Å². The lowest BCUT2D eigenvalue weighted by Crippen LogP contribution is -2.54. The van der Waals surface area contributed by atoms with Gasteiger partial charge in [0.1, 0.15) is 5.69 Å². The molecule has 1 spiro atoms. The molecule has 0 radical (unpaired) electrons. The number of fused-ring (bicyclic) bond motifs is 1. The smallest absolute Gasteiger partial charge is 0.179 e. The average Bonchev–Trinajstić information content (AvgIpc) is 3.55. The standard InChI is InChI=1S/C23H24N10/c1-27-7-2-18(26)19-12-32-20(3-8-28-32)21(30-19)17-10-29-33(11-17)23(4-6-24)13-22(14-23)5-9-31(15-22)16-25/h2-3,7-8,10-12,26-27H,4-5,9,13-15H2,1H3/b7-2-,26-18?. The maximum absolute atomic E-state index is 9.55. The molecule has 0 atom stereocenters. The molecule has 10 nitrogen and oxygen atoms in total. The molecule has 0 bridgehead atoms. The van der Waals surface area contributed by atoms with E-state index in [2.05, 4.69) is 27.8 Å². The molecule has 3 aromatic heterocycles. The molecule has 4 heterocycles. The molecule has 0 unspecified atom stereocenters. The van der Waals surface area contributed by atoms with Gasteiger partial charge >= 0.3 is 0 Å². The lowest BCUT2D eigenvalue weighted by atomic mass is 9.56. The molecule has 5 rings (SSSR count). The minimum atomic E-state index is -0.366.